The average molecular weight is 184 g/mol. The summed E-state index contributed by atoms with van der Waals surface area (Å²) in [5.74, 6) is 0.140. The van der Waals surface area contributed by atoms with Crippen molar-refractivity contribution in [3.8, 4) is 0 Å². The van der Waals surface area contributed by atoms with Gasteiger partial charge in [0.2, 0.25) is 0 Å². The highest BCUT2D eigenvalue weighted by atomic mass is 16.6. The molecule has 74 valence electrons. The lowest BCUT2D eigenvalue weighted by Gasteiger charge is -2.21. The van der Waals surface area contributed by atoms with Crippen LogP contribution in [0.15, 0.2) is 12.2 Å². The normalized spacial score (nSPS) is 38.5. The van der Waals surface area contributed by atoms with Gasteiger partial charge in [-0.05, 0) is 12.8 Å². The molecule has 1 fully saturated rings. The maximum atomic E-state index is 9.67. The highest BCUT2D eigenvalue weighted by Gasteiger charge is 2.41. The monoisotopic (exact) mass is 184 g/mol. The van der Waals surface area contributed by atoms with E-state index in [1.807, 2.05) is 13.0 Å². The fraction of sp³-hybridized carbons (Fsp3) is 0.800. The standard InChI is InChI=1S/C10H16O3/c1-2-5-12-10(11)8-6-7-3-4-9(8)13-7/h3-4,7-11H,2,5-6H2,1H3. The molecule has 0 radical (unpaired) electrons. The van der Waals surface area contributed by atoms with Crippen LogP contribution in [0.5, 0.6) is 0 Å². The third kappa shape index (κ3) is 1.77. The maximum Gasteiger partial charge on any atom is 0.160 e. The van der Waals surface area contributed by atoms with Gasteiger partial charge in [-0.25, -0.2) is 0 Å². The summed E-state index contributed by atoms with van der Waals surface area (Å²) in [5.41, 5.74) is 0. The molecule has 1 N–H and O–H groups in total. The Labute approximate surface area is 78.3 Å². The predicted molar refractivity (Wildman–Crippen MR) is 48.2 cm³/mol. The Balaban J connectivity index is 1.84. The van der Waals surface area contributed by atoms with Crippen molar-refractivity contribution in [2.24, 2.45) is 5.92 Å². The second kappa shape index (κ2) is 3.78. The van der Waals surface area contributed by atoms with Crippen LogP contribution in [0.2, 0.25) is 0 Å². The minimum atomic E-state index is -0.653. The van der Waals surface area contributed by atoms with Crippen molar-refractivity contribution in [3.05, 3.63) is 12.2 Å². The second-order valence-electron chi connectivity index (χ2n) is 3.68. The van der Waals surface area contributed by atoms with E-state index in [0.717, 1.165) is 12.8 Å². The van der Waals surface area contributed by atoms with Gasteiger partial charge in [0.1, 0.15) is 0 Å². The van der Waals surface area contributed by atoms with Crippen LogP contribution in [-0.4, -0.2) is 30.2 Å². The molecule has 1 saturated heterocycles. The SMILES string of the molecule is CCCOC(O)C1CC2C=CC1O2. The van der Waals surface area contributed by atoms with E-state index in [1.165, 1.54) is 0 Å². The van der Waals surface area contributed by atoms with Crippen LogP contribution >= 0.6 is 0 Å². The number of rotatable bonds is 4. The van der Waals surface area contributed by atoms with E-state index < -0.39 is 6.29 Å². The van der Waals surface area contributed by atoms with E-state index in [1.54, 1.807) is 0 Å². The third-order valence-corrected chi connectivity index (χ3v) is 2.63. The van der Waals surface area contributed by atoms with Gasteiger partial charge in [0.05, 0.1) is 12.2 Å². The summed E-state index contributed by atoms with van der Waals surface area (Å²) in [6.07, 6.45) is 5.57. The van der Waals surface area contributed by atoms with E-state index >= 15 is 0 Å². The van der Waals surface area contributed by atoms with Crippen molar-refractivity contribution in [2.45, 2.75) is 38.3 Å². The Morgan fingerprint density at radius 3 is 3.00 bits per heavy atom. The van der Waals surface area contributed by atoms with Gasteiger partial charge in [-0.2, -0.15) is 0 Å². The summed E-state index contributed by atoms with van der Waals surface area (Å²) in [7, 11) is 0. The number of hydrogen-bond donors (Lipinski definition) is 1. The minimum Gasteiger partial charge on any atom is -0.368 e. The largest absolute Gasteiger partial charge is 0.368 e. The molecular formula is C10H16O3. The average Bonchev–Trinajstić information content (AvgIpc) is 2.74. The quantitative estimate of drug-likeness (QED) is 0.525. The van der Waals surface area contributed by atoms with Gasteiger partial charge in [-0.1, -0.05) is 19.1 Å². The van der Waals surface area contributed by atoms with Crippen molar-refractivity contribution in [1.29, 1.82) is 0 Å². The fourth-order valence-corrected chi connectivity index (χ4v) is 1.95. The van der Waals surface area contributed by atoms with E-state index in [9.17, 15) is 5.11 Å². The van der Waals surface area contributed by atoms with Crippen LogP contribution < -0.4 is 0 Å². The van der Waals surface area contributed by atoms with Crippen molar-refractivity contribution < 1.29 is 14.6 Å². The van der Waals surface area contributed by atoms with E-state index in [-0.39, 0.29) is 18.1 Å². The molecule has 2 heterocycles. The fourth-order valence-electron chi connectivity index (χ4n) is 1.95. The number of aliphatic hydroxyl groups excluding tert-OH is 1. The molecular weight excluding hydrogens is 168 g/mol. The van der Waals surface area contributed by atoms with Gasteiger partial charge in [0.25, 0.3) is 0 Å². The first-order valence-electron chi connectivity index (χ1n) is 4.94. The molecule has 2 aliphatic heterocycles. The molecule has 0 aromatic carbocycles. The highest BCUT2D eigenvalue weighted by Crippen LogP contribution is 2.35. The van der Waals surface area contributed by atoms with Crippen molar-refractivity contribution in [2.75, 3.05) is 6.61 Å². The van der Waals surface area contributed by atoms with Crippen LogP contribution in [0.3, 0.4) is 0 Å². The van der Waals surface area contributed by atoms with E-state index in [2.05, 4.69) is 6.08 Å². The summed E-state index contributed by atoms with van der Waals surface area (Å²) in [6.45, 7) is 2.66. The van der Waals surface area contributed by atoms with Gasteiger partial charge in [-0.15, -0.1) is 0 Å². The first-order chi connectivity index (χ1) is 6.31. The Kier molecular flexibility index (Phi) is 2.67. The molecule has 0 aliphatic carbocycles. The highest BCUT2D eigenvalue weighted by molar-refractivity contribution is 5.11. The molecule has 0 amide bonds. The topological polar surface area (TPSA) is 38.7 Å². The molecule has 0 saturated carbocycles. The number of aliphatic hydroxyl groups is 1. The number of hydrogen-bond acceptors (Lipinski definition) is 3. The molecule has 4 unspecified atom stereocenters. The molecule has 2 bridgehead atoms. The molecule has 2 aliphatic rings. The molecule has 0 spiro atoms. The first-order valence-corrected chi connectivity index (χ1v) is 4.94. The summed E-state index contributed by atoms with van der Waals surface area (Å²) in [6, 6.07) is 0. The molecule has 13 heavy (non-hydrogen) atoms. The lowest BCUT2D eigenvalue weighted by molar-refractivity contribution is -0.140. The Morgan fingerprint density at radius 1 is 1.62 bits per heavy atom. The van der Waals surface area contributed by atoms with Crippen molar-refractivity contribution >= 4 is 0 Å². The second-order valence-corrected chi connectivity index (χ2v) is 3.68. The Bertz CT molecular complexity index is 202. The Morgan fingerprint density at radius 2 is 2.46 bits per heavy atom. The van der Waals surface area contributed by atoms with Crippen LogP contribution in [-0.2, 0) is 9.47 Å². The maximum absolute atomic E-state index is 9.67. The number of fused-ring (bicyclic) bond motifs is 2. The van der Waals surface area contributed by atoms with Crippen LogP contribution in [0.25, 0.3) is 0 Å². The van der Waals surface area contributed by atoms with Crippen LogP contribution in [0, 0.1) is 5.92 Å². The zero-order valence-corrected chi connectivity index (χ0v) is 7.85. The Hall–Kier alpha value is -0.380. The van der Waals surface area contributed by atoms with E-state index in [4.69, 9.17) is 9.47 Å². The first kappa shape index (κ1) is 9.19. The van der Waals surface area contributed by atoms with Crippen molar-refractivity contribution in [1.82, 2.24) is 0 Å². The predicted octanol–water partition coefficient (Wildman–Crippen LogP) is 1.07. The van der Waals surface area contributed by atoms with Gasteiger partial charge in [0, 0.05) is 12.5 Å². The zero-order valence-electron chi connectivity index (χ0n) is 7.85. The molecule has 0 aromatic heterocycles. The third-order valence-electron chi connectivity index (χ3n) is 2.63. The summed E-state index contributed by atoms with van der Waals surface area (Å²) < 4.78 is 10.8. The molecule has 2 rings (SSSR count). The summed E-state index contributed by atoms with van der Waals surface area (Å²) in [5, 5.41) is 9.67. The summed E-state index contributed by atoms with van der Waals surface area (Å²) >= 11 is 0. The molecule has 4 atom stereocenters. The van der Waals surface area contributed by atoms with Crippen molar-refractivity contribution in [3.63, 3.8) is 0 Å². The van der Waals surface area contributed by atoms with Crippen LogP contribution in [0.4, 0.5) is 0 Å². The van der Waals surface area contributed by atoms with Crippen LogP contribution in [0.1, 0.15) is 19.8 Å². The molecule has 0 aromatic rings. The minimum absolute atomic E-state index is 0.0804. The summed E-state index contributed by atoms with van der Waals surface area (Å²) in [4.78, 5) is 0. The van der Waals surface area contributed by atoms with E-state index in [0.29, 0.717) is 6.61 Å². The van der Waals surface area contributed by atoms with Gasteiger partial charge in [0.15, 0.2) is 6.29 Å². The van der Waals surface area contributed by atoms with Gasteiger partial charge >= 0.3 is 0 Å². The number of ether oxygens (including phenoxy) is 2. The molecule has 3 nitrogen and oxygen atoms in total. The molecule has 3 heteroatoms. The van der Waals surface area contributed by atoms with Gasteiger partial charge in [-0.3, -0.25) is 0 Å². The van der Waals surface area contributed by atoms with Gasteiger partial charge < -0.3 is 14.6 Å². The zero-order chi connectivity index (χ0) is 9.26. The lowest BCUT2D eigenvalue weighted by atomic mass is 9.94. The lowest BCUT2D eigenvalue weighted by Crippen LogP contribution is -2.30. The smallest absolute Gasteiger partial charge is 0.160 e.